The van der Waals surface area contributed by atoms with Crippen molar-refractivity contribution >= 4 is 49.8 Å². The molecule has 286 valence electrons. The van der Waals surface area contributed by atoms with Gasteiger partial charge in [-0.2, -0.15) is 0 Å². The average molecular weight is 778 g/mol. The summed E-state index contributed by atoms with van der Waals surface area (Å²) in [4.78, 5) is 2.37. The summed E-state index contributed by atoms with van der Waals surface area (Å²) in [7, 11) is 0. The summed E-state index contributed by atoms with van der Waals surface area (Å²) in [5.74, 6) is 0. The highest BCUT2D eigenvalue weighted by Gasteiger charge is 2.45. The van der Waals surface area contributed by atoms with E-state index in [4.69, 9.17) is 4.42 Å². The number of nitrogens with zero attached hydrogens (tertiary/aromatic N) is 1. The summed E-state index contributed by atoms with van der Waals surface area (Å²) in [6.45, 7) is 0. The molecule has 0 atom stereocenters. The maximum atomic E-state index is 6.46. The molecule has 0 unspecified atom stereocenters. The molecule has 0 radical (unpaired) electrons. The molecule has 0 bridgehead atoms. The zero-order chi connectivity index (χ0) is 40.3. The Hall–Kier alpha value is -7.94. The van der Waals surface area contributed by atoms with Crippen LogP contribution in [0.1, 0.15) is 22.3 Å². The first-order valence-electron chi connectivity index (χ1n) is 21.0. The van der Waals surface area contributed by atoms with Crippen molar-refractivity contribution in [2.45, 2.75) is 5.41 Å². The zero-order valence-corrected chi connectivity index (χ0v) is 33.4. The van der Waals surface area contributed by atoms with Crippen molar-refractivity contribution in [3.05, 3.63) is 259 Å². The largest absolute Gasteiger partial charge is 0.455 e. The summed E-state index contributed by atoms with van der Waals surface area (Å²) in [6.07, 6.45) is 0. The van der Waals surface area contributed by atoms with Crippen molar-refractivity contribution in [1.82, 2.24) is 0 Å². The number of anilines is 3. The molecule has 1 heterocycles. The fraction of sp³-hybridized carbons (Fsp3) is 0.0169. The number of furan rings is 1. The minimum absolute atomic E-state index is 0.461. The standard InChI is InChI=1S/C59H39NO/c1-2-16-43(17-3-1)59(55-25-9-6-19-51(55)52-20-7-10-26-56(52)59)44-32-38-47(39-33-44)60(45-34-28-41(29-35-45)49-22-12-15-40-14-4-5-18-48(40)49)46-36-30-42(31-37-46)50-23-13-24-54-53-21-8-11-27-57(53)61-58(50)54/h1-39H. The van der Waals surface area contributed by atoms with Crippen LogP contribution < -0.4 is 4.90 Å². The molecule has 1 aromatic heterocycles. The van der Waals surface area contributed by atoms with Crippen LogP contribution in [0.25, 0.3) is 66.1 Å². The van der Waals surface area contributed by atoms with Gasteiger partial charge in [0.25, 0.3) is 0 Å². The Bertz CT molecular complexity index is 3350. The Balaban J connectivity index is 0.996. The predicted octanol–water partition coefficient (Wildman–Crippen LogP) is 15.9. The Morgan fingerprint density at radius 1 is 0.311 bits per heavy atom. The van der Waals surface area contributed by atoms with E-state index in [1.54, 1.807) is 0 Å². The molecular weight excluding hydrogens is 739 g/mol. The van der Waals surface area contributed by atoms with Crippen LogP contribution in [0.4, 0.5) is 17.1 Å². The molecule has 1 aliphatic rings. The molecule has 0 saturated heterocycles. The minimum Gasteiger partial charge on any atom is -0.455 e. The first-order valence-corrected chi connectivity index (χ1v) is 21.0. The van der Waals surface area contributed by atoms with E-state index < -0.39 is 5.41 Å². The first-order chi connectivity index (χ1) is 30.3. The number of para-hydroxylation sites is 2. The van der Waals surface area contributed by atoms with Gasteiger partial charge < -0.3 is 9.32 Å². The van der Waals surface area contributed by atoms with Crippen LogP contribution in [0, 0.1) is 0 Å². The lowest BCUT2D eigenvalue weighted by Gasteiger charge is -2.34. The van der Waals surface area contributed by atoms with Crippen LogP contribution >= 0.6 is 0 Å². The van der Waals surface area contributed by atoms with Gasteiger partial charge in [0.1, 0.15) is 11.2 Å². The Morgan fingerprint density at radius 2 is 0.770 bits per heavy atom. The van der Waals surface area contributed by atoms with Gasteiger partial charge in [-0.15, -0.1) is 0 Å². The van der Waals surface area contributed by atoms with E-state index in [1.807, 2.05) is 12.1 Å². The summed E-state index contributed by atoms with van der Waals surface area (Å²) < 4.78 is 6.46. The highest BCUT2D eigenvalue weighted by molar-refractivity contribution is 6.09. The molecule has 10 aromatic carbocycles. The monoisotopic (exact) mass is 777 g/mol. The summed E-state index contributed by atoms with van der Waals surface area (Å²) in [5.41, 5.74) is 16.9. The molecule has 0 amide bonds. The minimum atomic E-state index is -0.461. The Morgan fingerprint density at radius 3 is 1.46 bits per heavy atom. The molecular formula is C59H39NO. The van der Waals surface area contributed by atoms with Gasteiger partial charge >= 0.3 is 0 Å². The van der Waals surface area contributed by atoms with Gasteiger partial charge in [-0.25, -0.2) is 0 Å². The van der Waals surface area contributed by atoms with Crippen molar-refractivity contribution in [2.24, 2.45) is 0 Å². The highest BCUT2D eigenvalue weighted by Crippen LogP contribution is 2.56. The molecule has 0 spiro atoms. The van der Waals surface area contributed by atoms with E-state index in [9.17, 15) is 0 Å². The highest BCUT2D eigenvalue weighted by atomic mass is 16.3. The number of benzene rings is 10. The van der Waals surface area contributed by atoms with Gasteiger partial charge in [0, 0.05) is 33.4 Å². The molecule has 2 heteroatoms. The molecule has 0 N–H and O–H groups in total. The second-order valence-electron chi connectivity index (χ2n) is 16.0. The normalized spacial score (nSPS) is 12.7. The first kappa shape index (κ1) is 35.0. The van der Waals surface area contributed by atoms with Crippen LogP contribution in [0.5, 0.6) is 0 Å². The molecule has 2 nitrogen and oxygen atoms in total. The zero-order valence-electron chi connectivity index (χ0n) is 33.4. The third-order valence-corrected chi connectivity index (χ3v) is 12.8. The topological polar surface area (TPSA) is 16.4 Å². The molecule has 11 aromatic rings. The van der Waals surface area contributed by atoms with E-state index in [-0.39, 0.29) is 0 Å². The van der Waals surface area contributed by atoms with Crippen LogP contribution in [0.3, 0.4) is 0 Å². The van der Waals surface area contributed by atoms with E-state index in [2.05, 4.69) is 229 Å². The lowest BCUT2D eigenvalue weighted by Crippen LogP contribution is -2.28. The third-order valence-electron chi connectivity index (χ3n) is 12.8. The molecule has 61 heavy (non-hydrogen) atoms. The maximum Gasteiger partial charge on any atom is 0.143 e. The maximum absolute atomic E-state index is 6.46. The van der Waals surface area contributed by atoms with Crippen LogP contribution in [0.15, 0.2) is 241 Å². The molecule has 0 fully saturated rings. The number of rotatable bonds is 7. The van der Waals surface area contributed by atoms with E-state index in [0.29, 0.717) is 0 Å². The van der Waals surface area contributed by atoms with Gasteiger partial charge in [0.2, 0.25) is 0 Å². The average Bonchev–Trinajstić information content (AvgIpc) is 3.87. The van der Waals surface area contributed by atoms with Gasteiger partial charge in [-0.3, -0.25) is 0 Å². The fourth-order valence-electron chi connectivity index (χ4n) is 10.1. The lowest BCUT2D eigenvalue weighted by atomic mass is 9.68. The number of hydrogen-bond donors (Lipinski definition) is 0. The smallest absolute Gasteiger partial charge is 0.143 e. The van der Waals surface area contributed by atoms with Crippen molar-refractivity contribution in [3.8, 4) is 33.4 Å². The second-order valence-corrected chi connectivity index (χ2v) is 16.0. The van der Waals surface area contributed by atoms with Gasteiger partial charge in [0.15, 0.2) is 0 Å². The Labute approximate surface area is 355 Å². The van der Waals surface area contributed by atoms with Crippen molar-refractivity contribution in [2.75, 3.05) is 4.90 Å². The van der Waals surface area contributed by atoms with Gasteiger partial charge in [0.05, 0.1) is 5.41 Å². The molecule has 0 aliphatic heterocycles. The van der Waals surface area contributed by atoms with Crippen LogP contribution in [-0.4, -0.2) is 0 Å². The third kappa shape index (κ3) is 5.50. The van der Waals surface area contributed by atoms with Crippen LogP contribution in [0.2, 0.25) is 0 Å². The quantitative estimate of drug-likeness (QED) is 0.160. The van der Waals surface area contributed by atoms with E-state index >= 15 is 0 Å². The summed E-state index contributed by atoms with van der Waals surface area (Å²) in [6, 6.07) is 85.9. The van der Waals surface area contributed by atoms with Crippen molar-refractivity contribution in [1.29, 1.82) is 0 Å². The van der Waals surface area contributed by atoms with E-state index in [0.717, 1.165) is 50.1 Å². The van der Waals surface area contributed by atoms with Gasteiger partial charge in [-0.05, 0) is 103 Å². The predicted molar refractivity (Wildman–Crippen MR) is 254 cm³/mol. The van der Waals surface area contributed by atoms with Crippen LogP contribution in [-0.2, 0) is 5.41 Å². The van der Waals surface area contributed by atoms with Crippen molar-refractivity contribution < 1.29 is 4.42 Å². The fourth-order valence-corrected chi connectivity index (χ4v) is 10.1. The van der Waals surface area contributed by atoms with Gasteiger partial charge in [-0.1, -0.05) is 194 Å². The summed E-state index contributed by atoms with van der Waals surface area (Å²) in [5, 5.41) is 4.76. The Kier molecular flexibility index (Phi) is 8.11. The number of hydrogen-bond acceptors (Lipinski definition) is 2. The van der Waals surface area contributed by atoms with E-state index in [1.165, 1.54) is 55.3 Å². The molecule has 12 rings (SSSR count). The lowest BCUT2D eigenvalue weighted by molar-refractivity contribution is 0.670. The molecule has 1 aliphatic carbocycles. The summed E-state index contributed by atoms with van der Waals surface area (Å²) >= 11 is 0. The number of fused-ring (bicyclic) bond motifs is 7. The molecule has 0 saturated carbocycles. The van der Waals surface area contributed by atoms with Crippen molar-refractivity contribution in [3.63, 3.8) is 0 Å². The SMILES string of the molecule is c1ccc(C2(c3ccc(N(c4ccc(-c5cccc6ccccc56)cc4)c4ccc(-c5cccc6c5oc5ccccc56)cc4)cc3)c3ccccc3-c3ccccc32)cc1. The second kappa shape index (κ2) is 14.1.